The molecule has 0 aromatic heterocycles. The van der Waals surface area contributed by atoms with E-state index in [1.165, 1.54) is 12.8 Å². The van der Waals surface area contributed by atoms with Crippen molar-refractivity contribution in [2.24, 2.45) is 5.92 Å². The number of ether oxygens (including phenoxy) is 3. The molecular weight excluding hydrogens is 397 g/mol. The van der Waals surface area contributed by atoms with Gasteiger partial charge in [0, 0.05) is 36.6 Å². The molecule has 3 aliphatic rings. The largest absolute Gasteiger partial charge is 0.472 e. The predicted molar refractivity (Wildman–Crippen MR) is 110 cm³/mol. The highest BCUT2D eigenvalue weighted by atomic mass is 35.5. The van der Waals surface area contributed by atoms with Gasteiger partial charge in [0.15, 0.2) is 17.2 Å². The lowest BCUT2D eigenvalue weighted by atomic mass is 9.74. The van der Waals surface area contributed by atoms with E-state index in [0.717, 1.165) is 41.5 Å². The summed E-state index contributed by atoms with van der Waals surface area (Å²) in [5, 5.41) is 1.14. The Bertz CT molecular complexity index is 928. The fourth-order valence-electron chi connectivity index (χ4n) is 4.85. The molecule has 0 unspecified atom stereocenters. The maximum atomic E-state index is 6.68. The van der Waals surface area contributed by atoms with Crippen LogP contribution in [0.1, 0.15) is 43.7 Å². The zero-order valence-corrected chi connectivity index (χ0v) is 17.5. The first-order chi connectivity index (χ1) is 13.5. The topological polar surface area (TPSA) is 30.9 Å². The van der Waals surface area contributed by atoms with Gasteiger partial charge in [0.05, 0.1) is 10.0 Å². The van der Waals surface area contributed by atoms with Crippen LogP contribution in [0.5, 0.6) is 17.2 Å². The molecule has 2 aromatic rings. The molecule has 3 atom stereocenters. The Labute approximate surface area is 175 Å². The molecule has 0 radical (unpaired) electrons. The summed E-state index contributed by atoms with van der Waals surface area (Å²) < 4.78 is 17.9. The molecule has 0 amide bonds. The minimum absolute atomic E-state index is 0.110. The van der Waals surface area contributed by atoms with Crippen molar-refractivity contribution in [2.45, 2.75) is 38.3 Å². The normalized spacial score (nSPS) is 28.9. The van der Waals surface area contributed by atoms with Gasteiger partial charge in [0.25, 0.3) is 0 Å². The van der Waals surface area contributed by atoms with Crippen molar-refractivity contribution in [3.8, 4) is 17.2 Å². The van der Waals surface area contributed by atoms with E-state index in [1.54, 1.807) is 0 Å². The van der Waals surface area contributed by atoms with Gasteiger partial charge >= 0.3 is 0 Å². The third kappa shape index (κ3) is 2.77. The van der Waals surface area contributed by atoms with Gasteiger partial charge in [-0.1, -0.05) is 36.2 Å². The van der Waals surface area contributed by atoms with Gasteiger partial charge in [-0.15, -0.1) is 0 Å². The van der Waals surface area contributed by atoms with Gasteiger partial charge in [-0.05, 0) is 43.5 Å². The van der Waals surface area contributed by atoms with Crippen molar-refractivity contribution in [1.29, 1.82) is 0 Å². The van der Waals surface area contributed by atoms with E-state index in [0.29, 0.717) is 10.0 Å². The van der Waals surface area contributed by atoms with Gasteiger partial charge in [0.1, 0.15) is 5.75 Å². The standard InChI is InChI=1S/C22H23Cl2NO3/c1-13-21(14-5-6-16(23)17(24)9-14)15-10-19-20(27-12-26-19)11-18(15)28-22(13,2)25-7-3-4-8-25/h5-6,9-11,13,21H,3-4,7-8,12H2,1-2H3/t13-,21-,22+/m1/s1. The Morgan fingerprint density at radius 2 is 1.68 bits per heavy atom. The van der Waals surface area contributed by atoms with Crippen LogP contribution < -0.4 is 14.2 Å². The SMILES string of the molecule is C[C@@H]1[C@H](c2ccc(Cl)c(Cl)c2)c2cc3c(cc2O[C@]1(C)N1CCCC1)OCO3. The smallest absolute Gasteiger partial charge is 0.231 e. The summed E-state index contributed by atoms with van der Waals surface area (Å²) in [7, 11) is 0. The number of hydrogen-bond donors (Lipinski definition) is 0. The van der Waals surface area contributed by atoms with Crippen LogP contribution in [0.25, 0.3) is 0 Å². The van der Waals surface area contributed by atoms with Crippen LogP contribution in [0.4, 0.5) is 0 Å². The van der Waals surface area contributed by atoms with Crippen LogP contribution in [-0.2, 0) is 0 Å². The third-order valence-corrected chi connectivity index (χ3v) is 7.28. The number of benzene rings is 2. The first-order valence-electron chi connectivity index (χ1n) is 9.80. The van der Waals surface area contributed by atoms with Crippen molar-refractivity contribution >= 4 is 23.2 Å². The number of halogens is 2. The molecule has 0 saturated carbocycles. The Morgan fingerprint density at radius 3 is 2.39 bits per heavy atom. The van der Waals surface area contributed by atoms with Crippen molar-refractivity contribution < 1.29 is 14.2 Å². The number of nitrogens with zero attached hydrogens (tertiary/aromatic N) is 1. The van der Waals surface area contributed by atoms with Crippen LogP contribution in [0.2, 0.25) is 10.0 Å². The maximum absolute atomic E-state index is 6.68. The zero-order valence-electron chi connectivity index (χ0n) is 16.0. The molecule has 4 nitrogen and oxygen atoms in total. The van der Waals surface area contributed by atoms with Crippen LogP contribution >= 0.6 is 23.2 Å². The molecule has 0 spiro atoms. The van der Waals surface area contributed by atoms with E-state index in [2.05, 4.69) is 30.9 Å². The third-order valence-electron chi connectivity index (χ3n) is 6.54. The van der Waals surface area contributed by atoms with Crippen LogP contribution in [-0.4, -0.2) is 30.5 Å². The lowest BCUT2D eigenvalue weighted by Crippen LogP contribution is -2.57. The number of fused-ring (bicyclic) bond motifs is 2. The summed E-state index contributed by atoms with van der Waals surface area (Å²) in [6.07, 6.45) is 2.41. The first-order valence-corrected chi connectivity index (χ1v) is 10.6. The molecule has 1 fully saturated rings. The van der Waals surface area contributed by atoms with Gasteiger partial charge in [-0.3, -0.25) is 4.90 Å². The highest BCUT2D eigenvalue weighted by Gasteiger charge is 2.49. The van der Waals surface area contributed by atoms with E-state index in [4.69, 9.17) is 37.4 Å². The molecule has 1 saturated heterocycles. The minimum Gasteiger partial charge on any atom is -0.472 e. The molecule has 0 bridgehead atoms. The molecule has 28 heavy (non-hydrogen) atoms. The lowest BCUT2D eigenvalue weighted by Gasteiger charge is -2.50. The number of hydrogen-bond acceptors (Lipinski definition) is 4. The second kappa shape index (κ2) is 6.72. The molecule has 0 N–H and O–H groups in total. The van der Waals surface area contributed by atoms with E-state index in [9.17, 15) is 0 Å². The fraction of sp³-hybridized carbons (Fsp3) is 0.455. The maximum Gasteiger partial charge on any atom is 0.231 e. The Kier molecular flexibility index (Phi) is 4.42. The quantitative estimate of drug-likeness (QED) is 0.624. The molecule has 2 aromatic carbocycles. The summed E-state index contributed by atoms with van der Waals surface area (Å²) in [5.74, 6) is 2.68. The van der Waals surface area contributed by atoms with Crippen molar-refractivity contribution in [3.63, 3.8) is 0 Å². The van der Waals surface area contributed by atoms with Gasteiger partial charge < -0.3 is 14.2 Å². The highest BCUT2D eigenvalue weighted by molar-refractivity contribution is 6.42. The van der Waals surface area contributed by atoms with Crippen LogP contribution in [0.3, 0.4) is 0 Å². The minimum atomic E-state index is -0.409. The van der Waals surface area contributed by atoms with Gasteiger partial charge in [-0.25, -0.2) is 0 Å². The number of rotatable bonds is 2. The predicted octanol–water partition coefficient (Wildman–Crippen LogP) is 5.69. The van der Waals surface area contributed by atoms with E-state index < -0.39 is 5.72 Å². The zero-order chi connectivity index (χ0) is 19.5. The first kappa shape index (κ1) is 18.4. The fourth-order valence-corrected chi connectivity index (χ4v) is 5.16. The van der Waals surface area contributed by atoms with Gasteiger partial charge in [0.2, 0.25) is 6.79 Å². The average molecular weight is 420 g/mol. The summed E-state index contributed by atoms with van der Waals surface area (Å²) in [4.78, 5) is 2.47. The number of likely N-dealkylation sites (tertiary alicyclic amines) is 1. The average Bonchev–Trinajstić information content (AvgIpc) is 3.35. The second-order valence-corrected chi connectivity index (χ2v) is 8.85. The molecular formula is C22H23Cl2NO3. The Hall–Kier alpha value is -1.62. The Morgan fingerprint density at radius 1 is 0.964 bits per heavy atom. The van der Waals surface area contributed by atoms with Crippen molar-refractivity contribution in [1.82, 2.24) is 4.90 Å². The monoisotopic (exact) mass is 419 g/mol. The van der Waals surface area contributed by atoms with E-state index in [1.807, 2.05) is 18.2 Å². The summed E-state index contributed by atoms with van der Waals surface area (Å²) in [5.41, 5.74) is 1.83. The molecule has 5 rings (SSSR count). The van der Waals surface area contributed by atoms with Gasteiger partial charge in [-0.2, -0.15) is 0 Å². The summed E-state index contributed by atoms with van der Waals surface area (Å²) in [6, 6.07) is 9.96. The molecule has 3 heterocycles. The Balaban J connectivity index is 1.67. The molecule has 3 aliphatic heterocycles. The summed E-state index contributed by atoms with van der Waals surface area (Å²) in [6.45, 7) is 6.82. The van der Waals surface area contributed by atoms with Crippen molar-refractivity contribution in [3.05, 3.63) is 51.5 Å². The van der Waals surface area contributed by atoms with Crippen molar-refractivity contribution in [2.75, 3.05) is 19.9 Å². The second-order valence-electron chi connectivity index (χ2n) is 8.03. The van der Waals surface area contributed by atoms with Crippen LogP contribution in [0, 0.1) is 5.92 Å². The summed E-state index contributed by atoms with van der Waals surface area (Å²) >= 11 is 12.6. The van der Waals surface area contributed by atoms with E-state index in [-0.39, 0.29) is 18.6 Å². The molecule has 0 aliphatic carbocycles. The molecule has 148 valence electrons. The van der Waals surface area contributed by atoms with E-state index >= 15 is 0 Å². The lowest BCUT2D eigenvalue weighted by molar-refractivity contribution is -0.114. The van der Waals surface area contributed by atoms with Crippen LogP contribution in [0.15, 0.2) is 30.3 Å². The molecule has 6 heteroatoms. The highest BCUT2D eigenvalue weighted by Crippen LogP contribution is 2.53.